The highest BCUT2D eigenvalue weighted by molar-refractivity contribution is 5.22. The van der Waals surface area contributed by atoms with E-state index >= 15 is 0 Å². The molecule has 0 aromatic carbocycles. The fourth-order valence-corrected chi connectivity index (χ4v) is 4.53. The van der Waals surface area contributed by atoms with Crippen LogP contribution in [0.3, 0.4) is 0 Å². The molecule has 2 fully saturated rings. The SMILES string of the molecule is Cn1cc(CN[C@H]2CCO[C@H](c3cncn3C)C2)c(C2CCCCC2)n1. The molecule has 3 heterocycles. The first-order chi connectivity index (χ1) is 12.7. The Morgan fingerprint density at radius 2 is 2.04 bits per heavy atom. The maximum atomic E-state index is 5.99. The van der Waals surface area contributed by atoms with Crippen LogP contribution < -0.4 is 5.32 Å². The van der Waals surface area contributed by atoms with Crippen LogP contribution in [0.25, 0.3) is 0 Å². The summed E-state index contributed by atoms with van der Waals surface area (Å²) in [6, 6.07) is 0.475. The third-order valence-electron chi connectivity index (χ3n) is 5.98. The highest BCUT2D eigenvalue weighted by atomic mass is 16.5. The first-order valence-electron chi connectivity index (χ1n) is 10.0. The zero-order valence-corrected chi connectivity index (χ0v) is 16.0. The lowest BCUT2D eigenvalue weighted by Gasteiger charge is -2.30. The van der Waals surface area contributed by atoms with E-state index in [0.29, 0.717) is 12.0 Å². The molecule has 2 aliphatic rings. The van der Waals surface area contributed by atoms with Gasteiger partial charge >= 0.3 is 0 Å². The molecule has 1 saturated carbocycles. The number of nitrogens with zero attached hydrogens (tertiary/aromatic N) is 4. The van der Waals surface area contributed by atoms with Crippen molar-refractivity contribution in [3.05, 3.63) is 35.7 Å². The van der Waals surface area contributed by atoms with Crippen LogP contribution in [0.2, 0.25) is 0 Å². The summed E-state index contributed by atoms with van der Waals surface area (Å²) in [5, 5.41) is 8.58. The molecule has 0 spiro atoms. The molecule has 1 aliphatic carbocycles. The summed E-state index contributed by atoms with van der Waals surface area (Å²) in [5.74, 6) is 0.652. The third-order valence-corrected chi connectivity index (χ3v) is 5.98. The Kier molecular flexibility index (Phi) is 5.41. The molecule has 26 heavy (non-hydrogen) atoms. The Hall–Kier alpha value is -1.66. The van der Waals surface area contributed by atoms with E-state index in [0.717, 1.165) is 26.0 Å². The Balaban J connectivity index is 1.39. The minimum atomic E-state index is 0.139. The van der Waals surface area contributed by atoms with Gasteiger partial charge in [0, 0.05) is 51.0 Å². The lowest BCUT2D eigenvalue weighted by Crippen LogP contribution is -2.36. The van der Waals surface area contributed by atoms with Crippen LogP contribution in [0.1, 0.15) is 73.9 Å². The van der Waals surface area contributed by atoms with Gasteiger partial charge in [-0.25, -0.2) is 4.98 Å². The number of ether oxygens (including phenoxy) is 1. The molecule has 4 rings (SSSR count). The van der Waals surface area contributed by atoms with E-state index in [4.69, 9.17) is 9.84 Å². The van der Waals surface area contributed by atoms with Crippen molar-refractivity contribution in [3.8, 4) is 0 Å². The summed E-state index contributed by atoms with van der Waals surface area (Å²) >= 11 is 0. The largest absolute Gasteiger partial charge is 0.372 e. The monoisotopic (exact) mass is 357 g/mol. The summed E-state index contributed by atoms with van der Waals surface area (Å²) in [5.41, 5.74) is 3.87. The Morgan fingerprint density at radius 3 is 2.81 bits per heavy atom. The minimum absolute atomic E-state index is 0.139. The molecule has 2 aromatic heterocycles. The van der Waals surface area contributed by atoms with Crippen LogP contribution >= 0.6 is 0 Å². The summed E-state index contributed by atoms with van der Waals surface area (Å²) in [7, 11) is 4.08. The molecule has 0 amide bonds. The van der Waals surface area contributed by atoms with Gasteiger partial charge in [-0.2, -0.15) is 5.10 Å². The van der Waals surface area contributed by atoms with Gasteiger partial charge in [0.2, 0.25) is 0 Å². The number of imidazole rings is 1. The normalized spacial score (nSPS) is 24.8. The van der Waals surface area contributed by atoms with E-state index in [1.165, 1.54) is 49.1 Å². The van der Waals surface area contributed by atoms with Crippen LogP contribution in [0, 0.1) is 0 Å². The molecule has 6 heteroatoms. The zero-order chi connectivity index (χ0) is 17.9. The van der Waals surface area contributed by atoms with Gasteiger partial charge in [0.1, 0.15) is 6.10 Å². The maximum Gasteiger partial charge on any atom is 0.100 e. The first kappa shape index (κ1) is 17.7. The first-order valence-corrected chi connectivity index (χ1v) is 10.0. The number of aromatic nitrogens is 4. The maximum absolute atomic E-state index is 5.99. The minimum Gasteiger partial charge on any atom is -0.372 e. The zero-order valence-electron chi connectivity index (χ0n) is 16.0. The van der Waals surface area contributed by atoms with E-state index in [1.807, 2.05) is 31.3 Å². The summed E-state index contributed by atoms with van der Waals surface area (Å²) in [6.07, 6.45) is 14.8. The molecule has 0 radical (unpaired) electrons. The second-order valence-corrected chi connectivity index (χ2v) is 7.94. The van der Waals surface area contributed by atoms with E-state index in [-0.39, 0.29) is 6.10 Å². The van der Waals surface area contributed by atoms with E-state index < -0.39 is 0 Å². The van der Waals surface area contributed by atoms with Gasteiger partial charge in [0.05, 0.1) is 23.9 Å². The molecule has 0 unspecified atom stereocenters. The molecule has 1 saturated heterocycles. The summed E-state index contributed by atoms with van der Waals surface area (Å²) < 4.78 is 10.0. The third kappa shape index (κ3) is 3.86. The molecule has 2 atom stereocenters. The lowest BCUT2D eigenvalue weighted by atomic mass is 9.85. The van der Waals surface area contributed by atoms with E-state index in [9.17, 15) is 0 Å². The van der Waals surface area contributed by atoms with Crippen molar-refractivity contribution in [2.45, 2.75) is 69.6 Å². The number of hydrogen-bond acceptors (Lipinski definition) is 4. The van der Waals surface area contributed by atoms with Gasteiger partial charge in [0.25, 0.3) is 0 Å². The molecule has 0 bridgehead atoms. The predicted octanol–water partition coefficient (Wildman–Crippen LogP) is 3.21. The molecule has 2 aromatic rings. The topological polar surface area (TPSA) is 56.9 Å². The van der Waals surface area contributed by atoms with Gasteiger partial charge in [-0.1, -0.05) is 19.3 Å². The molecule has 1 N–H and O–H groups in total. The standard InChI is InChI=1S/C20H31N5O/c1-24-14-21-12-18(24)19-10-17(8-9-26-19)22-11-16-13-25(2)23-20(16)15-6-4-3-5-7-15/h12-15,17,19,22H,3-11H2,1-2H3/t17-,19-/m0/s1. The Bertz CT molecular complexity index is 716. The fraction of sp³-hybridized carbons (Fsp3) is 0.700. The highest BCUT2D eigenvalue weighted by Crippen LogP contribution is 2.34. The van der Waals surface area contributed by atoms with Crippen molar-refractivity contribution in [1.82, 2.24) is 24.6 Å². The predicted molar refractivity (Wildman–Crippen MR) is 101 cm³/mol. The van der Waals surface area contributed by atoms with Gasteiger partial charge in [-0.3, -0.25) is 4.68 Å². The van der Waals surface area contributed by atoms with Crippen LogP contribution in [-0.2, 0) is 25.4 Å². The number of aryl methyl sites for hydroxylation is 2. The average Bonchev–Trinajstić information content (AvgIpc) is 3.26. The van der Waals surface area contributed by atoms with Gasteiger partial charge < -0.3 is 14.6 Å². The van der Waals surface area contributed by atoms with Gasteiger partial charge in [-0.05, 0) is 25.7 Å². The van der Waals surface area contributed by atoms with Crippen LogP contribution in [-0.4, -0.2) is 32.0 Å². The number of rotatable bonds is 5. The quantitative estimate of drug-likeness (QED) is 0.893. The molecule has 6 nitrogen and oxygen atoms in total. The van der Waals surface area contributed by atoms with Crippen LogP contribution in [0.4, 0.5) is 0 Å². The van der Waals surface area contributed by atoms with Crippen molar-refractivity contribution < 1.29 is 4.74 Å². The molecule has 1 aliphatic heterocycles. The van der Waals surface area contributed by atoms with Crippen LogP contribution in [0.15, 0.2) is 18.7 Å². The molecule has 142 valence electrons. The summed E-state index contributed by atoms with van der Waals surface area (Å²) in [4.78, 5) is 4.23. The van der Waals surface area contributed by atoms with Crippen molar-refractivity contribution in [2.75, 3.05) is 6.61 Å². The van der Waals surface area contributed by atoms with Crippen molar-refractivity contribution in [1.29, 1.82) is 0 Å². The second kappa shape index (κ2) is 7.92. The molecular formula is C20H31N5O. The Labute approximate surface area is 155 Å². The average molecular weight is 358 g/mol. The number of hydrogen-bond donors (Lipinski definition) is 1. The van der Waals surface area contributed by atoms with Gasteiger partial charge in [0.15, 0.2) is 0 Å². The Morgan fingerprint density at radius 1 is 1.19 bits per heavy atom. The highest BCUT2D eigenvalue weighted by Gasteiger charge is 2.27. The van der Waals surface area contributed by atoms with Crippen molar-refractivity contribution >= 4 is 0 Å². The van der Waals surface area contributed by atoms with Crippen molar-refractivity contribution in [2.24, 2.45) is 14.1 Å². The number of nitrogens with one attached hydrogen (secondary N) is 1. The summed E-state index contributed by atoms with van der Waals surface area (Å²) in [6.45, 7) is 1.71. The lowest BCUT2D eigenvalue weighted by molar-refractivity contribution is -0.00405. The van der Waals surface area contributed by atoms with Crippen molar-refractivity contribution in [3.63, 3.8) is 0 Å². The van der Waals surface area contributed by atoms with Gasteiger partial charge in [-0.15, -0.1) is 0 Å². The van der Waals surface area contributed by atoms with Crippen LogP contribution in [0.5, 0.6) is 0 Å². The second-order valence-electron chi connectivity index (χ2n) is 7.94. The fourth-order valence-electron chi connectivity index (χ4n) is 4.53. The molecular weight excluding hydrogens is 326 g/mol. The smallest absolute Gasteiger partial charge is 0.100 e. The van der Waals surface area contributed by atoms with E-state index in [2.05, 4.69) is 21.1 Å². The van der Waals surface area contributed by atoms with E-state index in [1.54, 1.807) is 0 Å².